The summed E-state index contributed by atoms with van der Waals surface area (Å²) in [4.78, 5) is 0. The first kappa shape index (κ1) is 13.3. The van der Waals surface area contributed by atoms with E-state index in [1.54, 1.807) is 6.07 Å². The highest BCUT2D eigenvalue weighted by Crippen LogP contribution is 2.49. The molecule has 1 aromatic carbocycles. The van der Waals surface area contributed by atoms with Gasteiger partial charge in [0.2, 0.25) is 0 Å². The summed E-state index contributed by atoms with van der Waals surface area (Å²) in [6.45, 7) is 3.14. The van der Waals surface area contributed by atoms with Crippen LogP contribution in [0.5, 0.6) is 5.75 Å². The Morgan fingerprint density at radius 2 is 2.21 bits per heavy atom. The van der Waals surface area contributed by atoms with Crippen LogP contribution in [0, 0.1) is 17.8 Å². The normalized spacial score (nSPS) is 30.7. The van der Waals surface area contributed by atoms with Gasteiger partial charge in [-0.15, -0.1) is 0 Å². The highest BCUT2D eigenvalue weighted by molar-refractivity contribution is 6.32. The molecule has 19 heavy (non-hydrogen) atoms. The summed E-state index contributed by atoms with van der Waals surface area (Å²) < 4.78 is 0. The van der Waals surface area contributed by atoms with Crippen LogP contribution >= 0.6 is 11.6 Å². The Morgan fingerprint density at radius 3 is 2.84 bits per heavy atom. The zero-order valence-corrected chi connectivity index (χ0v) is 12.2. The maximum Gasteiger partial charge on any atom is 0.134 e. The Hall–Kier alpha value is -0.730. The number of hydrogen-bond acceptors (Lipinski definition) is 2. The number of benzene rings is 1. The monoisotopic (exact) mass is 279 g/mol. The molecule has 0 saturated heterocycles. The Kier molecular flexibility index (Phi) is 3.72. The molecule has 2 fully saturated rings. The van der Waals surface area contributed by atoms with Crippen LogP contribution in [-0.4, -0.2) is 11.1 Å². The van der Waals surface area contributed by atoms with Gasteiger partial charge in [0, 0.05) is 12.6 Å². The van der Waals surface area contributed by atoms with Crippen LogP contribution in [0.1, 0.15) is 38.2 Å². The zero-order chi connectivity index (χ0) is 13.4. The van der Waals surface area contributed by atoms with E-state index in [1.807, 2.05) is 12.1 Å². The van der Waals surface area contributed by atoms with E-state index in [1.165, 1.54) is 25.7 Å². The third-order valence-corrected chi connectivity index (χ3v) is 5.38. The van der Waals surface area contributed by atoms with Gasteiger partial charge >= 0.3 is 0 Å². The second kappa shape index (κ2) is 5.34. The van der Waals surface area contributed by atoms with E-state index in [9.17, 15) is 5.11 Å². The average Bonchev–Trinajstić information content (AvgIpc) is 3.02. The fourth-order valence-electron chi connectivity index (χ4n) is 4.00. The molecule has 2 aliphatic carbocycles. The van der Waals surface area contributed by atoms with Crippen molar-refractivity contribution < 1.29 is 5.11 Å². The molecule has 2 saturated carbocycles. The summed E-state index contributed by atoms with van der Waals surface area (Å²) in [5.41, 5.74) is 1.14. The van der Waals surface area contributed by atoms with E-state index in [0.717, 1.165) is 29.9 Å². The number of hydrogen-bond donors (Lipinski definition) is 2. The third kappa shape index (κ3) is 2.75. The van der Waals surface area contributed by atoms with Gasteiger partial charge < -0.3 is 10.4 Å². The maximum atomic E-state index is 9.41. The van der Waals surface area contributed by atoms with Gasteiger partial charge in [-0.2, -0.15) is 0 Å². The molecule has 0 spiro atoms. The summed E-state index contributed by atoms with van der Waals surface area (Å²) in [6.07, 6.45) is 5.77. The van der Waals surface area contributed by atoms with Crippen molar-refractivity contribution in [2.45, 2.75) is 45.2 Å². The van der Waals surface area contributed by atoms with Gasteiger partial charge in [0.05, 0.1) is 5.02 Å². The van der Waals surface area contributed by atoms with E-state index >= 15 is 0 Å². The van der Waals surface area contributed by atoms with Crippen LogP contribution < -0.4 is 5.32 Å². The Labute approximate surface area is 120 Å². The lowest BCUT2D eigenvalue weighted by Gasteiger charge is -2.28. The molecule has 1 aromatic rings. The molecule has 0 radical (unpaired) electrons. The highest BCUT2D eigenvalue weighted by atomic mass is 35.5. The Morgan fingerprint density at radius 1 is 1.37 bits per heavy atom. The largest absolute Gasteiger partial charge is 0.506 e. The number of aromatic hydroxyl groups is 1. The molecule has 2 aliphatic rings. The van der Waals surface area contributed by atoms with Crippen molar-refractivity contribution in [3.63, 3.8) is 0 Å². The fourth-order valence-corrected chi connectivity index (χ4v) is 4.20. The first-order valence-corrected chi connectivity index (χ1v) is 7.72. The minimum atomic E-state index is 0.159. The quantitative estimate of drug-likeness (QED) is 0.874. The number of rotatable bonds is 4. The van der Waals surface area contributed by atoms with Gasteiger partial charge in [-0.3, -0.25) is 0 Å². The summed E-state index contributed by atoms with van der Waals surface area (Å²) in [6, 6.07) is 6.02. The molecular formula is C16H22ClNO. The number of nitrogens with one attached hydrogen (secondary N) is 1. The summed E-state index contributed by atoms with van der Waals surface area (Å²) in [7, 11) is 0. The predicted molar refractivity (Wildman–Crippen MR) is 78.4 cm³/mol. The molecule has 2 N–H and O–H groups in total. The molecule has 2 bridgehead atoms. The number of halogens is 1. The summed E-state index contributed by atoms with van der Waals surface area (Å²) in [5, 5.41) is 13.5. The van der Waals surface area contributed by atoms with Gasteiger partial charge in [0.1, 0.15) is 5.75 Å². The van der Waals surface area contributed by atoms with Crippen molar-refractivity contribution in [3.05, 3.63) is 28.8 Å². The van der Waals surface area contributed by atoms with Crippen molar-refractivity contribution in [2.24, 2.45) is 17.8 Å². The summed E-state index contributed by atoms with van der Waals surface area (Å²) >= 11 is 5.93. The average molecular weight is 280 g/mol. The van der Waals surface area contributed by atoms with E-state index in [2.05, 4.69) is 12.2 Å². The fraction of sp³-hybridized carbons (Fsp3) is 0.625. The van der Waals surface area contributed by atoms with Crippen LogP contribution in [0.15, 0.2) is 18.2 Å². The SMILES string of the molecule is CC(NCc1ccc(O)c(Cl)c1)C1CC2CCC1C2. The van der Waals surface area contributed by atoms with E-state index in [4.69, 9.17) is 11.6 Å². The van der Waals surface area contributed by atoms with Crippen LogP contribution in [0.4, 0.5) is 0 Å². The molecule has 3 heteroatoms. The first-order chi connectivity index (χ1) is 9.13. The van der Waals surface area contributed by atoms with Crippen molar-refractivity contribution in [1.29, 1.82) is 0 Å². The van der Waals surface area contributed by atoms with Crippen molar-refractivity contribution >= 4 is 11.6 Å². The number of phenolic OH excluding ortho intramolecular Hbond substituents is 1. The second-order valence-corrected chi connectivity index (χ2v) is 6.70. The molecule has 0 aliphatic heterocycles. The Balaban J connectivity index is 1.55. The van der Waals surface area contributed by atoms with Gasteiger partial charge in [-0.1, -0.05) is 24.1 Å². The van der Waals surface area contributed by atoms with Gasteiger partial charge in [0.25, 0.3) is 0 Å². The molecule has 0 amide bonds. The van der Waals surface area contributed by atoms with Gasteiger partial charge in [-0.05, 0) is 61.6 Å². The molecule has 2 nitrogen and oxygen atoms in total. The van der Waals surface area contributed by atoms with Crippen molar-refractivity contribution in [1.82, 2.24) is 5.32 Å². The minimum Gasteiger partial charge on any atom is -0.506 e. The lowest BCUT2D eigenvalue weighted by atomic mass is 9.84. The highest BCUT2D eigenvalue weighted by Gasteiger charge is 2.41. The second-order valence-electron chi connectivity index (χ2n) is 6.29. The lowest BCUT2D eigenvalue weighted by molar-refractivity contribution is 0.259. The van der Waals surface area contributed by atoms with Crippen LogP contribution in [0.2, 0.25) is 5.02 Å². The van der Waals surface area contributed by atoms with E-state index in [-0.39, 0.29) is 5.75 Å². The number of phenols is 1. The molecule has 4 atom stereocenters. The minimum absolute atomic E-state index is 0.159. The third-order valence-electron chi connectivity index (χ3n) is 5.08. The summed E-state index contributed by atoms with van der Waals surface area (Å²) in [5.74, 6) is 2.97. The molecule has 0 heterocycles. The smallest absolute Gasteiger partial charge is 0.134 e. The van der Waals surface area contributed by atoms with E-state index < -0.39 is 0 Å². The molecule has 3 rings (SSSR count). The first-order valence-electron chi connectivity index (χ1n) is 7.34. The van der Waals surface area contributed by atoms with Crippen molar-refractivity contribution in [2.75, 3.05) is 0 Å². The molecule has 4 unspecified atom stereocenters. The lowest BCUT2D eigenvalue weighted by Crippen LogP contribution is -2.35. The van der Waals surface area contributed by atoms with Crippen LogP contribution in [-0.2, 0) is 6.54 Å². The standard InChI is InChI=1S/C16H22ClNO/c1-10(14-7-11-2-4-13(14)6-11)18-9-12-3-5-16(19)15(17)8-12/h3,5,8,10-11,13-14,18-19H,2,4,6-7,9H2,1H3. The molecule has 104 valence electrons. The van der Waals surface area contributed by atoms with Crippen LogP contribution in [0.25, 0.3) is 0 Å². The Bertz CT molecular complexity index is 462. The van der Waals surface area contributed by atoms with Crippen LogP contribution in [0.3, 0.4) is 0 Å². The predicted octanol–water partition coefficient (Wildman–Crippen LogP) is 3.96. The molecule has 0 aromatic heterocycles. The maximum absolute atomic E-state index is 9.41. The van der Waals surface area contributed by atoms with Crippen molar-refractivity contribution in [3.8, 4) is 5.75 Å². The number of fused-ring (bicyclic) bond motifs is 2. The van der Waals surface area contributed by atoms with Gasteiger partial charge in [0.15, 0.2) is 0 Å². The zero-order valence-electron chi connectivity index (χ0n) is 11.4. The van der Waals surface area contributed by atoms with Gasteiger partial charge in [-0.25, -0.2) is 0 Å². The topological polar surface area (TPSA) is 32.3 Å². The molecular weight excluding hydrogens is 258 g/mol. The van der Waals surface area contributed by atoms with E-state index in [0.29, 0.717) is 11.1 Å².